The maximum Gasteiger partial charge on any atom is 0.346 e. The average Bonchev–Trinajstić information content (AvgIpc) is 2.27. The number of carboxylic acid groups (broad SMARTS) is 2. The molecule has 0 amide bonds. The molecule has 104 valence electrons. The van der Waals surface area contributed by atoms with Crippen LogP contribution in [-0.2, 0) is 14.2 Å². The molecule has 1 aromatic carbocycles. The van der Waals surface area contributed by atoms with Gasteiger partial charge in [0.2, 0.25) is 11.8 Å². The van der Waals surface area contributed by atoms with Crippen molar-refractivity contribution in [2.24, 2.45) is 0 Å². The normalized spacial score (nSPS) is 14.4. The highest BCUT2D eigenvalue weighted by Crippen LogP contribution is 2.44. The molecule has 0 bridgehead atoms. The van der Waals surface area contributed by atoms with Gasteiger partial charge in [0.1, 0.15) is 5.75 Å². The van der Waals surface area contributed by atoms with Crippen LogP contribution in [0.25, 0.3) is 0 Å². The summed E-state index contributed by atoms with van der Waals surface area (Å²) in [6.45, 7) is 0. The van der Waals surface area contributed by atoms with Crippen molar-refractivity contribution >= 4 is 19.5 Å². The number of aliphatic carboxylic acids is 2. The fourth-order valence-corrected chi connectivity index (χ4v) is 2.17. The average molecular weight is 290 g/mol. The van der Waals surface area contributed by atoms with E-state index in [1.165, 1.54) is 24.3 Å². The molecule has 2 atom stereocenters. The Bertz CT molecular complexity index is 508. The number of hydrogen-bond donors (Lipinski definition) is 4. The molecule has 1 rings (SSSR count). The first-order chi connectivity index (χ1) is 8.73. The van der Waals surface area contributed by atoms with Crippen LogP contribution in [0.15, 0.2) is 30.3 Å². The first-order valence-electron chi connectivity index (χ1n) is 4.96. The van der Waals surface area contributed by atoms with E-state index in [9.17, 15) is 14.2 Å². The van der Waals surface area contributed by atoms with E-state index in [1.54, 1.807) is 6.07 Å². The zero-order valence-electron chi connectivity index (χ0n) is 9.41. The Morgan fingerprint density at radius 1 is 1.05 bits per heavy atom. The van der Waals surface area contributed by atoms with Gasteiger partial charge in [0.15, 0.2) is 0 Å². The van der Waals surface area contributed by atoms with Gasteiger partial charge in [0.05, 0.1) is 0 Å². The van der Waals surface area contributed by atoms with Crippen molar-refractivity contribution in [1.29, 1.82) is 0 Å². The molecule has 1 aromatic rings. The molecule has 4 N–H and O–H groups in total. The smallest absolute Gasteiger partial charge is 0.346 e. The zero-order valence-corrected chi connectivity index (χ0v) is 10.3. The Kier molecular flexibility index (Phi) is 4.66. The molecule has 0 fully saturated rings. The van der Waals surface area contributed by atoms with E-state index in [0.29, 0.717) is 0 Å². The van der Waals surface area contributed by atoms with Crippen LogP contribution >= 0.6 is 7.60 Å². The van der Waals surface area contributed by atoms with Gasteiger partial charge in [-0.05, 0) is 12.1 Å². The van der Waals surface area contributed by atoms with E-state index >= 15 is 0 Å². The minimum Gasteiger partial charge on any atom is -0.480 e. The molecular formula is C10H11O8P. The van der Waals surface area contributed by atoms with Gasteiger partial charge in [-0.3, -0.25) is 9.36 Å². The number of rotatable bonds is 6. The van der Waals surface area contributed by atoms with E-state index < -0.39 is 31.3 Å². The van der Waals surface area contributed by atoms with Gasteiger partial charge in [0, 0.05) is 0 Å². The topological polar surface area (TPSA) is 141 Å². The second-order valence-corrected chi connectivity index (χ2v) is 5.30. The van der Waals surface area contributed by atoms with Crippen LogP contribution in [0.5, 0.6) is 5.75 Å². The van der Waals surface area contributed by atoms with Crippen molar-refractivity contribution in [3.63, 3.8) is 0 Å². The largest absolute Gasteiger partial charge is 0.480 e. The monoisotopic (exact) mass is 290 g/mol. The van der Waals surface area contributed by atoms with Gasteiger partial charge in [-0.1, -0.05) is 18.2 Å². The lowest BCUT2D eigenvalue weighted by molar-refractivity contribution is -0.151. The van der Waals surface area contributed by atoms with Crippen LogP contribution in [0, 0.1) is 0 Å². The minimum atomic E-state index is -5.18. The minimum absolute atomic E-state index is 0.00500. The molecule has 9 heteroatoms. The van der Waals surface area contributed by atoms with Crippen molar-refractivity contribution in [2.75, 3.05) is 0 Å². The number of para-hydroxylation sites is 1. The standard InChI is InChI=1S/C10H11O8P/c11-9(12)7(8(10(13)14)19(15,16)17)18-6-4-2-1-3-5-6/h1-5,7-8H,(H,11,12)(H,13,14)(H2,15,16,17). The van der Waals surface area contributed by atoms with Crippen molar-refractivity contribution in [3.8, 4) is 5.75 Å². The summed E-state index contributed by atoms with van der Waals surface area (Å²) >= 11 is 0. The highest BCUT2D eigenvalue weighted by atomic mass is 31.2. The van der Waals surface area contributed by atoms with E-state index in [2.05, 4.69) is 0 Å². The van der Waals surface area contributed by atoms with Gasteiger partial charge < -0.3 is 24.7 Å². The van der Waals surface area contributed by atoms with E-state index in [0.717, 1.165) is 0 Å². The van der Waals surface area contributed by atoms with Gasteiger partial charge in [0.25, 0.3) is 0 Å². The second-order valence-electron chi connectivity index (χ2n) is 3.56. The molecular weight excluding hydrogens is 279 g/mol. The first kappa shape index (κ1) is 15.2. The van der Waals surface area contributed by atoms with Crippen LogP contribution < -0.4 is 4.74 Å². The molecule has 0 radical (unpaired) electrons. The molecule has 19 heavy (non-hydrogen) atoms. The van der Waals surface area contributed by atoms with Crippen molar-refractivity contribution in [2.45, 2.75) is 11.8 Å². The van der Waals surface area contributed by atoms with E-state index in [4.69, 9.17) is 24.7 Å². The molecule has 0 aliphatic rings. The molecule has 0 aliphatic heterocycles. The highest BCUT2D eigenvalue weighted by molar-refractivity contribution is 7.53. The zero-order chi connectivity index (χ0) is 14.6. The summed E-state index contributed by atoms with van der Waals surface area (Å²) < 4.78 is 15.9. The lowest BCUT2D eigenvalue weighted by atomic mass is 10.2. The highest BCUT2D eigenvalue weighted by Gasteiger charge is 2.48. The molecule has 0 aliphatic carbocycles. The summed E-state index contributed by atoms with van der Waals surface area (Å²) in [6, 6.07) is 7.30. The third-order valence-electron chi connectivity index (χ3n) is 2.15. The fraction of sp³-hybridized carbons (Fsp3) is 0.200. The maximum atomic E-state index is 11.1. The van der Waals surface area contributed by atoms with Crippen molar-refractivity contribution in [1.82, 2.24) is 0 Å². The predicted octanol–water partition coefficient (Wildman–Crippen LogP) is 0.149. The molecule has 8 nitrogen and oxygen atoms in total. The summed E-state index contributed by atoms with van der Waals surface area (Å²) in [5.41, 5.74) is -2.48. The lowest BCUT2D eigenvalue weighted by Crippen LogP contribution is -2.43. The first-order valence-corrected chi connectivity index (χ1v) is 6.64. The predicted molar refractivity (Wildman–Crippen MR) is 62.0 cm³/mol. The van der Waals surface area contributed by atoms with Crippen molar-refractivity contribution < 1.29 is 38.9 Å². The second kappa shape index (κ2) is 5.83. The molecule has 0 heterocycles. The van der Waals surface area contributed by atoms with Crippen LogP contribution in [0.1, 0.15) is 0 Å². The number of carboxylic acids is 2. The van der Waals surface area contributed by atoms with Crippen LogP contribution in [0.2, 0.25) is 0 Å². The SMILES string of the molecule is O=C(O)C(Oc1ccccc1)C(C(=O)O)P(=O)(O)O. The Hall–Kier alpha value is -1.89. The Balaban J connectivity index is 3.09. The molecule has 2 unspecified atom stereocenters. The number of ether oxygens (including phenoxy) is 1. The van der Waals surface area contributed by atoms with Gasteiger partial charge in [-0.25, -0.2) is 4.79 Å². The molecule has 0 saturated heterocycles. The van der Waals surface area contributed by atoms with Gasteiger partial charge in [-0.2, -0.15) is 0 Å². The molecule has 0 spiro atoms. The number of benzene rings is 1. The summed E-state index contributed by atoms with van der Waals surface area (Å²) in [7, 11) is -5.18. The number of carbonyl (C=O) groups is 2. The third kappa shape index (κ3) is 4.06. The Morgan fingerprint density at radius 2 is 1.58 bits per heavy atom. The Morgan fingerprint density at radius 3 is 1.95 bits per heavy atom. The maximum absolute atomic E-state index is 11.1. The van der Waals surface area contributed by atoms with Crippen LogP contribution in [0.3, 0.4) is 0 Å². The van der Waals surface area contributed by atoms with Crippen molar-refractivity contribution in [3.05, 3.63) is 30.3 Å². The lowest BCUT2D eigenvalue weighted by Gasteiger charge is -2.22. The van der Waals surface area contributed by atoms with Gasteiger partial charge in [-0.15, -0.1) is 0 Å². The summed E-state index contributed by atoms with van der Waals surface area (Å²) in [5, 5.41) is 17.7. The third-order valence-corrected chi connectivity index (χ3v) is 3.37. The summed E-state index contributed by atoms with van der Waals surface area (Å²) in [5.74, 6) is -3.73. The van der Waals surface area contributed by atoms with Crippen LogP contribution in [0.4, 0.5) is 0 Å². The molecule has 0 saturated carbocycles. The van der Waals surface area contributed by atoms with Gasteiger partial charge >= 0.3 is 19.5 Å². The molecule has 0 aromatic heterocycles. The Labute approximate surface area is 107 Å². The number of hydrogen-bond acceptors (Lipinski definition) is 4. The summed E-state index contributed by atoms with van der Waals surface area (Å²) in [4.78, 5) is 39.7. The fourth-order valence-electron chi connectivity index (χ4n) is 1.35. The quantitative estimate of drug-likeness (QED) is 0.542. The summed E-state index contributed by atoms with van der Waals surface area (Å²) in [6.07, 6.45) is -2.19. The van der Waals surface area contributed by atoms with Crippen LogP contribution in [-0.4, -0.2) is 43.7 Å². The van der Waals surface area contributed by atoms with E-state index in [-0.39, 0.29) is 5.75 Å². The van der Waals surface area contributed by atoms with E-state index in [1.807, 2.05) is 0 Å².